The molecule has 0 aromatic heterocycles. The second-order valence-electron chi connectivity index (χ2n) is 7.92. The van der Waals surface area contributed by atoms with Crippen molar-refractivity contribution in [1.82, 2.24) is 15.5 Å². The molecule has 1 aliphatic rings. The van der Waals surface area contributed by atoms with E-state index in [0.717, 1.165) is 37.6 Å². The minimum atomic E-state index is -0.620. The van der Waals surface area contributed by atoms with E-state index in [4.69, 9.17) is 4.74 Å². The van der Waals surface area contributed by atoms with Crippen molar-refractivity contribution >= 4 is 29.9 Å². The van der Waals surface area contributed by atoms with Gasteiger partial charge in [0, 0.05) is 25.7 Å². The summed E-state index contributed by atoms with van der Waals surface area (Å²) in [5.74, 6) is 0.759. The molecular weight excluding hydrogens is 491 g/mol. The minimum absolute atomic E-state index is 0. The molecule has 1 heterocycles. The minimum Gasteiger partial charge on any atom is -0.389 e. The topological polar surface area (TPSA) is 69.1 Å². The zero-order chi connectivity index (χ0) is 20.9. The number of ether oxygens (including phenoxy) is 1. The summed E-state index contributed by atoms with van der Waals surface area (Å²) in [6.45, 7) is 11.0. The number of benzene rings is 1. The zero-order valence-corrected chi connectivity index (χ0v) is 21.2. The Labute approximate surface area is 199 Å². The van der Waals surface area contributed by atoms with Gasteiger partial charge in [-0.25, -0.2) is 0 Å². The molecule has 0 saturated carbocycles. The van der Waals surface area contributed by atoms with Crippen LogP contribution in [-0.4, -0.2) is 67.4 Å². The summed E-state index contributed by atoms with van der Waals surface area (Å²) in [7, 11) is 0. The molecule has 0 amide bonds. The fraction of sp³-hybridized carbons (Fsp3) is 0.696. The Bertz CT molecular complexity index is 588. The lowest BCUT2D eigenvalue weighted by molar-refractivity contribution is 0.00111. The Balaban J connectivity index is 0.00000450. The molecule has 3 unspecified atom stereocenters. The number of guanidine groups is 1. The maximum absolute atomic E-state index is 10.2. The van der Waals surface area contributed by atoms with E-state index in [2.05, 4.69) is 27.4 Å². The molecule has 0 bridgehead atoms. The average Bonchev–Trinajstić information content (AvgIpc) is 2.75. The van der Waals surface area contributed by atoms with E-state index in [1.165, 1.54) is 25.8 Å². The normalized spacial score (nSPS) is 19.6. The lowest BCUT2D eigenvalue weighted by Gasteiger charge is -2.33. The second-order valence-corrected chi connectivity index (χ2v) is 7.92. The average molecular weight is 533 g/mol. The number of nitrogens with zero attached hydrogens (tertiary/aromatic N) is 2. The van der Waals surface area contributed by atoms with Crippen LogP contribution >= 0.6 is 24.0 Å². The van der Waals surface area contributed by atoms with E-state index in [1.807, 2.05) is 44.2 Å². The van der Waals surface area contributed by atoms with Crippen molar-refractivity contribution in [2.75, 3.05) is 39.3 Å². The number of aliphatic hydroxyl groups excluding tert-OH is 1. The van der Waals surface area contributed by atoms with Crippen molar-refractivity contribution in [2.24, 2.45) is 4.99 Å². The first kappa shape index (κ1) is 27.1. The van der Waals surface area contributed by atoms with Crippen LogP contribution in [0.3, 0.4) is 0 Å². The molecule has 1 aromatic carbocycles. The number of hydrogen-bond donors (Lipinski definition) is 3. The Morgan fingerprint density at radius 1 is 1.27 bits per heavy atom. The summed E-state index contributed by atoms with van der Waals surface area (Å²) in [5.41, 5.74) is 1.11. The number of nitrogens with one attached hydrogen (secondary N) is 2. The third-order valence-electron chi connectivity index (χ3n) is 5.47. The maximum Gasteiger partial charge on any atom is 0.191 e. The monoisotopic (exact) mass is 532 g/mol. The van der Waals surface area contributed by atoms with E-state index >= 15 is 0 Å². The number of aliphatic hydroxyl groups is 1. The summed E-state index contributed by atoms with van der Waals surface area (Å²) < 4.78 is 5.79. The number of aliphatic imine (C=N–C) groups is 1. The van der Waals surface area contributed by atoms with Crippen LogP contribution in [0, 0.1) is 0 Å². The van der Waals surface area contributed by atoms with E-state index in [9.17, 15) is 5.11 Å². The van der Waals surface area contributed by atoms with Gasteiger partial charge in [0.15, 0.2) is 5.96 Å². The summed E-state index contributed by atoms with van der Waals surface area (Å²) in [6, 6.07) is 10.8. The van der Waals surface area contributed by atoms with Gasteiger partial charge in [0.1, 0.15) is 0 Å². The van der Waals surface area contributed by atoms with Gasteiger partial charge in [-0.3, -0.25) is 4.99 Å². The van der Waals surface area contributed by atoms with E-state index in [1.54, 1.807) is 0 Å². The highest BCUT2D eigenvalue weighted by atomic mass is 127. The molecule has 3 atom stereocenters. The van der Waals surface area contributed by atoms with E-state index < -0.39 is 6.10 Å². The van der Waals surface area contributed by atoms with Crippen LogP contribution in [0.15, 0.2) is 35.3 Å². The van der Waals surface area contributed by atoms with Crippen molar-refractivity contribution in [3.63, 3.8) is 0 Å². The van der Waals surface area contributed by atoms with Crippen molar-refractivity contribution < 1.29 is 9.84 Å². The number of halogens is 1. The number of likely N-dealkylation sites (tertiary alicyclic amines) is 1. The third kappa shape index (κ3) is 10.4. The third-order valence-corrected chi connectivity index (χ3v) is 5.47. The Hall–Kier alpha value is -0.900. The van der Waals surface area contributed by atoms with Crippen molar-refractivity contribution in [3.05, 3.63) is 35.9 Å². The molecule has 0 aliphatic carbocycles. The molecule has 2 rings (SSSR count). The first-order valence-electron chi connectivity index (χ1n) is 11.2. The molecular formula is C23H41IN4O2. The number of rotatable bonds is 11. The summed E-state index contributed by atoms with van der Waals surface area (Å²) >= 11 is 0. The number of hydrogen-bond acceptors (Lipinski definition) is 4. The van der Waals surface area contributed by atoms with Crippen LogP contribution < -0.4 is 10.6 Å². The molecule has 6 nitrogen and oxygen atoms in total. The predicted molar refractivity (Wildman–Crippen MR) is 136 cm³/mol. The summed E-state index contributed by atoms with van der Waals surface area (Å²) in [5, 5.41) is 16.9. The Morgan fingerprint density at radius 3 is 2.73 bits per heavy atom. The van der Waals surface area contributed by atoms with Crippen LogP contribution in [0.4, 0.5) is 0 Å². The highest BCUT2D eigenvalue weighted by Gasteiger charge is 2.17. The molecule has 30 heavy (non-hydrogen) atoms. The molecule has 7 heteroatoms. The van der Waals surface area contributed by atoms with Gasteiger partial charge in [-0.05, 0) is 52.1 Å². The van der Waals surface area contributed by atoms with Crippen LogP contribution in [0.1, 0.15) is 58.1 Å². The van der Waals surface area contributed by atoms with Gasteiger partial charge in [-0.2, -0.15) is 0 Å². The van der Waals surface area contributed by atoms with Gasteiger partial charge in [0.05, 0.1) is 25.4 Å². The fourth-order valence-corrected chi connectivity index (χ4v) is 3.65. The standard InChI is InChI=1S/C23H40N4O2.HI/c1-4-24-23(25-14-10-16-27-15-9-8-11-19(27)2)26-17-22(28)18-29-20(3)21-12-6-5-7-13-21;/h5-7,12-13,19-20,22,28H,4,8-11,14-18H2,1-3H3,(H2,24,25,26);1H. The largest absolute Gasteiger partial charge is 0.389 e. The first-order valence-corrected chi connectivity index (χ1v) is 11.2. The maximum atomic E-state index is 10.2. The van der Waals surface area contributed by atoms with Crippen LogP contribution in [0.5, 0.6) is 0 Å². The van der Waals surface area contributed by atoms with Crippen LogP contribution in [0.2, 0.25) is 0 Å². The Kier molecular flexibility index (Phi) is 14.3. The van der Waals surface area contributed by atoms with Gasteiger partial charge < -0.3 is 25.4 Å². The lowest BCUT2D eigenvalue weighted by Crippen LogP contribution is -2.41. The molecule has 3 N–H and O–H groups in total. The Morgan fingerprint density at radius 2 is 2.03 bits per heavy atom. The summed E-state index contributed by atoms with van der Waals surface area (Å²) in [4.78, 5) is 7.10. The quantitative estimate of drug-likeness (QED) is 0.176. The molecule has 1 saturated heterocycles. The number of piperidine rings is 1. The van der Waals surface area contributed by atoms with Crippen molar-refractivity contribution in [2.45, 2.75) is 64.7 Å². The highest BCUT2D eigenvalue weighted by Crippen LogP contribution is 2.16. The zero-order valence-electron chi connectivity index (χ0n) is 18.8. The lowest BCUT2D eigenvalue weighted by atomic mass is 10.0. The van der Waals surface area contributed by atoms with E-state index in [-0.39, 0.29) is 36.7 Å². The van der Waals surface area contributed by atoms with Crippen molar-refractivity contribution in [3.8, 4) is 0 Å². The van der Waals surface area contributed by atoms with Crippen LogP contribution in [0.25, 0.3) is 0 Å². The van der Waals surface area contributed by atoms with Gasteiger partial charge in [0.2, 0.25) is 0 Å². The van der Waals surface area contributed by atoms with Crippen molar-refractivity contribution in [1.29, 1.82) is 0 Å². The van der Waals surface area contributed by atoms with Gasteiger partial charge >= 0.3 is 0 Å². The van der Waals surface area contributed by atoms with Gasteiger partial charge in [0.25, 0.3) is 0 Å². The molecule has 1 fully saturated rings. The molecule has 0 spiro atoms. The highest BCUT2D eigenvalue weighted by molar-refractivity contribution is 14.0. The second kappa shape index (κ2) is 15.8. The predicted octanol–water partition coefficient (Wildman–Crippen LogP) is 3.56. The van der Waals surface area contributed by atoms with Gasteiger partial charge in [-0.1, -0.05) is 36.8 Å². The molecule has 1 aliphatic heterocycles. The first-order chi connectivity index (χ1) is 14.1. The smallest absolute Gasteiger partial charge is 0.191 e. The SMILES string of the molecule is CCNC(=NCC(O)COC(C)c1ccccc1)NCCCN1CCCCC1C.I. The fourth-order valence-electron chi connectivity index (χ4n) is 3.65. The van der Waals surface area contributed by atoms with Gasteiger partial charge in [-0.15, -0.1) is 24.0 Å². The summed E-state index contributed by atoms with van der Waals surface area (Å²) in [6.07, 6.45) is 4.44. The van der Waals surface area contributed by atoms with Crippen LogP contribution in [-0.2, 0) is 4.74 Å². The molecule has 1 aromatic rings. The van der Waals surface area contributed by atoms with E-state index in [0.29, 0.717) is 12.6 Å². The molecule has 0 radical (unpaired) electrons. The molecule has 172 valence electrons.